The van der Waals surface area contributed by atoms with Crippen LogP contribution in [0.25, 0.3) is 11.1 Å². The molecule has 0 spiro atoms. The molecule has 1 fully saturated rings. The molecule has 36 heavy (non-hydrogen) atoms. The summed E-state index contributed by atoms with van der Waals surface area (Å²) >= 11 is 0. The fourth-order valence-corrected chi connectivity index (χ4v) is 4.75. The summed E-state index contributed by atoms with van der Waals surface area (Å²) < 4.78 is 21.2. The van der Waals surface area contributed by atoms with Crippen LogP contribution in [0.1, 0.15) is 92.9 Å². The van der Waals surface area contributed by atoms with Gasteiger partial charge in [-0.1, -0.05) is 44.5 Å². The van der Waals surface area contributed by atoms with E-state index in [1.165, 1.54) is 0 Å². The van der Waals surface area contributed by atoms with E-state index in [4.69, 9.17) is 4.52 Å². The van der Waals surface area contributed by atoms with Crippen molar-refractivity contribution >= 4 is 17.5 Å². The number of halogens is 1. The highest BCUT2D eigenvalue weighted by atomic mass is 19.1. The summed E-state index contributed by atoms with van der Waals surface area (Å²) in [5.41, 5.74) is 2.32. The van der Waals surface area contributed by atoms with Gasteiger partial charge >= 0.3 is 0 Å². The largest absolute Gasteiger partial charge is 0.338 e. The fraction of sp³-hybridized carbons (Fsp3) is 0.464. The molecule has 2 heterocycles. The zero-order valence-electron chi connectivity index (χ0n) is 20.9. The molecular formula is C28H31FN4O3. The molecular weight excluding hydrogens is 459 g/mol. The van der Waals surface area contributed by atoms with E-state index in [0.717, 1.165) is 37.7 Å². The van der Waals surface area contributed by atoms with Gasteiger partial charge in [-0.3, -0.25) is 9.59 Å². The topological polar surface area (TPSA) is 98.0 Å². The van der Waals surface area contributed by atoms with Gasteiger partial charge in [0.15, 0.2) is 0 Å². The fourth-order valence-electron chi connectivity index (χ4n) is 4.75. The molecule has 7 nitrogen and oxygen atoms in total. The molecule has 1 amide bonds. The second-order valence-electron chi connectivity index (χ2n) is 10.9. The Bertz CT molecular complexity index is 1310. The minimum atomic E-state index is -0.340. The number of fused-ring (bicyclic) bond motifs is 1. The maximum Gasteiger partial charge on any atom is 0.238 e. The number of benzene rings is 1. The summed E-state index contributed by atoms with van der Waals surface area (Å²) in [7, 11) is 0. The Morgan fingerprint density at radius 3 is 2.67 bits per heavy atom. The van der Waals surface area contributed by atoms with Crippen molar-refractivity contribution in [3.63, 3.8) is 0 Å². The van der Waals surface area contributed by atoms with E-state index in [0.29, 0.717) is 34.8 Å². The Morgan fingerprint density at radius 2 is 1.94 bits per heavy atom. The highest BCUT2D eigenvalue weighted by Gasteiger charge is 2.31. The number of rotatable bonds is 6. The standard InChI is InChI=1S/C28H31FN4O3/c1-28(2,3)27-32-25(33-36-27)22(34)14-17-6-4-5-7-21-19(17)10-11-20(24(21)29)18-12-13-30-23(15-18)31-26(35)16-8-9-16/h10-13,15-17H,4-9,14H2,1-3H3,(H,30,31,35)/t17-/m0/s1. The van der Waals surface area contributed by atoms with Gasteiger partial charge in [-0.05, 0) is 66.8 Å². The lowest BCUT2D eigenvalue weighted by Crippen LogP contribution is -2.14. The van der Waals surface area contributed by atoms with Gasteiger partial charge in [0.1, 0.15) is 11.6 Å². The Kier molecular flexibility index (Phi) is 6.45. The van der Waals surface area contributed by atoms with Gasteiger partial charge in [-0.2, -0.15) is 4.98 Å². The van der Waals surface area contributed by atoms with Crippen LogP contribution >= 0.6 is 0 Å². The number of hydrogen-bond acceptors (Lipinski definition) is 6. The normalized spacial score (nSPS) is 17.8. The number of hydrogen-bond donors (Lipinski definition) is 1. The number of nitrogens with one attached hydrogen (secondary N) is 1. The van der Waals surface area contributed by atoms with Crippen molar-refractivity contribution in [2.24, 2.45) is 5.92 Å². The number of amides is 1. The van der Waals surface area contributed by atoms with Gasteiger partial charge in [-0.25, -0.2) is 9.37 Å². The summed E-state index contributed by atoms with van der Waals surface area (Å²) in [5, 5.41) is 6.73. The van der Waals surface area contributed by atoms with E-state index in [-0.39, 0.29) is 47.0 Å². The maximum atomic E-state index is 15.9. The minimum absolute atomic E-state index is 0.0363. The molecule has 0 bridgehead atoms. The first-order valence-corrected chi connectivity index (χ1v) is 12.7. The number of aromatic nitrogens is 3. The minimum Gasteiger partial charge on any atom is -0.338 e. The molecule has 3 aromatic rings. The maximum absolute atomic E-state index is 15.9. The van der Waals surface area contributed by atoms with E-state index < -0.39 is 0 Å². The number of nitrogens with zero attached hydrogens (tertiary/aromatic N) is 3. The van der Waals surface area contributed by atoms with Gasteiger partial charge in [0.05, 0.1) is 0 Å². The molecule has 1 N–H and O–H groups in total. The van der Waals surface area contributed by atoms with Gasteiger partial charge in [-0.15, -0.1) is 0 Å². The third-order valence-electron chi connectivity index (χ3n) is 6.97. The quantitative estimate of drug-likeness (QED) is 0.336. The summed E-state index contributed by atoms with van der Waals surface area (Å²) in [6.45, 7) is 5.84. The van der Waals surface area contributed by atoms with Crippen LogP contribution < -0.4 is 5.32 Å². The molecule has 2 aliphatic carbocycles. The summed E-state index contributed by atoms with van der Waals surface area (Å²) in [6, 6.07) is 7.17. The number of ketones is 1. The van der Waals surface area contributed by atoms with E-state index in [2.05, 4.69) is 20.4 Å². The molecule has 1 saturated carbocycles. The first-order valence-electron chi connectivity index (χ1n) is 12.7. The van der Waals surface area contributed by atoms with Crippen LogP contribution in [-0.2, 0) is 16.6 Å². The predicted molar refractivity (Wildman–Crippen MR) is 133 cm³/mol. The molecule has 2 aromatic heterocycles. The van der Waals surface area contributed by atoms with E-state index >= 15 is 4.39 Å². The third-order valence-corrected chi connectivity index (χ3v) is 6.97. The molecule has 1 aromatic carbocycles. The molecule has 0 aliphatic heterocycles. The van der Waals surface area contributed by atoms with Crippen LogP contribution in [0.15, 0.2) is 35.0 Å². The highest BCUT2D eigenvalue weighted by molar-refractivity contribution is 5.94. The lowest BCUT2D eigenvalue weighted by Gasteiger charge is -2.19. The van der Waals surface area contributed by atoms with Gasteiger partial charge < -0.3 is 9.84 Å². The summed E-state index contributed by atoms with van der Waals surface area (Å²) in [5.74, 6) is 0.387. The molecule has 188 valence electrons. The second-order valence-corrected chi connectivity index (χ2v) is 10.9. The van der Waals surface area contributed by atoms with Crippen LogP contribution in [-0.4, -0.2) is 26.8 Å². The molecule has 5 rings (SSSR count). The van der Waals surface area contributed by atoms with Crippen molar-refractivity contribution in [2.75, 3.05) is 5.32 Å². The van der Waals surface area contributed by atoms with Crippen molar-refractivity contribution in [3.8, 4) is 11.1 Å². The predicted octanol–water partition coefficient (Wildman–Crippen LogP) is 6.00. The van der Waals surface area contributed by atoms with E-state index in [1.54, 1.807) is 24.4 Å². The average molecular weight is 491 g/mol. The lowest BCUT2D eigenvalue weighted by atomic mass is 9.86. The number of anilines is 1. The summed E-state index contributed by atoms with van der Waals surface area (Å²) in [4.78, 5) is 33.7. The first-order chi connectivity index (χ1) is 17.2. The van der Waals surface area contributed by atoms with Crippen LogP contribution in [0.2, 0.25) is 0 Å². The first kappa shape index (κ1) is 24.3. The summed E-state index contributed by atoms with van der Waals surface area (Å²) in [6.07, 6.45) is 6.78. The molecule has 0 unspecified atom stereocenters. The smallest absolute Gasteiger partial charge is 0.238 e. The molecule has 0 saturated heterocycles. The van der Waals surface area contributed by atoms with Crippen LogP contribution in [0.4, 0.5) is 10.2 Å². The van der Waals surface area contributed by atoms with Crippen molar-refractivity contribution in [3.05, 3.63) is 59.1 Å². The number of Topliss-reactive ketones (excluding diaryl/α,β-unsaturated/α-hetero) is 1. The average Bonchev–Trinajstić information content (AvgIpc) is 3.60. The highest BCUT2D eigenvalue weighted by Crippen LogP contribution is 2.38. The lowest BCUT2D eigenvalue weighted by molar-refractivity contribution is -0.117. The second kappa shape index (κ2) is 9.56. The molecule has 2 aliphatic rings. The number of pyridine rings is 1. The monoisotopic (exact) mass is 490 g/mol. The van der Waals surface area contributed by atoms with Crippen LogP contribution in [0.3, 0.4) is 0 Å². The van der Waals surface area contributed by atoms with Crippen molar-refractivity contribution < 1.29 is 18.5 Å². The molecule has 1 atom stereocenters. The van der Waals surface area contributed by atoms with Crippen LogP contribution in [0.5, 0.6) is 0 Å². The zero-order chi connectivity index (χ0) is 25.4. The molecule has 0 radical (unpaired) electrons. The Balaban J connectivity index is 1.40. The van der Waals surface area contributed by atoms with Crippen LogP contribution in [0, 0.1) is 11.7 Å². The Labute approximate surface area is 209 Å². The Morgan fingerprint density at radius 1 is 1.14 bits per heavy atom. The van der Waals surface area contributed by atoms with E-state index in [9.17, 15) is 9.59 Å². The SMILES string of the molecule is CC(C)(C)c1nc(C(=O)C[C@@H]2CCCCc3c2ccc(-c2ccnc(NC(=O)C4CC4)c2)c3F)no1. The number of carbonyl (C=O) groups excluding carboxylic acids is 2. The van der Waals surface area contributed by atoms with Crippen molar-refractivity contribution in [1.82, 2.24) is 15.1 Å². The van der Waals surface area contributed by atoms with Gasteiger partial charge in [0.25, 0.3) is 0 Å². The van der Waals surface area contributed by atoms with Gasteiger partial charge in [0, 0.05) is 29.5 Å². The number of carbonyl (C=O) groups is 2. The third kappa shape index (κ3) is 5.08. The van der Waals surface area contributed by atoms with Crippen molar-refractivity contribution in [2.45, 2.75) is 77.0 Å². The van der Waals surface area contributed by atoms with E-state index in [1.807, 2.05) is 26.8 Å². The van der Waals surface area contributed by atoms with Crippen molar-refractivity contribution in [1.29, 1.82) is 0 Å². The molecule has 8 heteroatoms. The van der Waals surface area contributed by atoms with Gasteiger partial charge in [0.2, 0.25) is 23.4 Å². The Hall–Kier alpha value is -3.42. The zero-order valence-corrected chi connectivity index (χ0v) is 20.9.